The van der Waals surface area contributed by atoms with Gasteiger partial charge in [0.15, 0.2) is 0 Å². The maximum absolute atomic E-state index is 8.72. The average molecular weight is 204 g/mol. The van der Waals surface area contributed by atoms with Gasteiger partial charge >= 0.3 is 0 Å². The van der Waals surface area contributed by atoms with Crippen molar-refractivity contribution in [2.24, 2.45) is 11.8 Å². The predicted molar refractivity (Wildman–Crippen MR) is 62.3 cm³/mol. The van der Waals surface area contributed by atoms with E-state index in [1.807, 2.05) is 13.8 Å². The molecule has 0 spiro atoms. The summed E-state index contributed by atoms with van der Waals surface area (Å²) in [4.78, 5) is 0. The first-order chi connectivity index (χ1) is 6.25. The summed E-state index contributed by atoms with van der Waals surface area (Å²) in [6.45, 7) is 12.1. The van der Waals surface area contributed by atoms with Gasteiger partial charge in [-0.05, 0) is 38.5 Å². The van der Waals surface area contributed by atoms with Crippen LogP contribution < -0.4 is 0 Å². The van der Waals surface area contributed by atoms with Crippen molar-refractivity contribution in [3.05, 3.63) is 0 Å². The SMILES string of the molecule is CC(C)C[C@@H](C)O.CC(C)C[C@H](C)O. The zero-order valence-electron chi connectivity index (χ0n) is 10.6. The molecule has 2 nitrogen and oxygen atoms in total. The molecule has 0 aromatic rings. The van der Waals surface area contributed by atoms with Gasteiger partial charge in [0.25, 0.3) is 0 Å². The Morgan fingerprint density at radius 2 is 0.857 bits per heavy atom. The third-order valence-electron chi connectivity index (χ3n) is 1.63. The molecule has 88 valence electrons. The number of aliphatic hydroxyl groups is 2. The molecule has 2 atom stereocenters. The quantitative estimate of drug-likeness (QED) is 0.739. The van der Waals surface area contributed by atoms with Crippen LogP contribution in [0, 0.1) is 11.8 Å². The van der Waals surface area contributed by atoms with E-state index in [-0.39, 0.29) is 12.2 Å². The average Bonchev–Trinajstić information content (AvgIpc) is 1.79. The van der Waals surface area contributed by atoms with Gasteiger partial charge in [-0.3, -0.25) is 0 Å². The molecule has 14 heavy (non-hydrogen) atoms. The predicted octanol–water partition coefficient (Wildman–Crippen LogP) is 2.83. The van der Waals surface area contributed by atoms with Gasteiger partial charge in [-0.1, -0.05) is 27.7 Å². The zero-order valence-corrected chi connectivity index (χ0v) is 10.6. The van der Waals surface area contributed by atoms with Crippen LogP contribution in [0.5, 0.6) is 0 Å². The van der Waals surface area contributed by atoms with Gasteiger partial charge in [0, 0.05) is 0 Å². The number of rotatable bonds is 4. The molecule has 0 heterocycles. The lowest BCUT2D eigenvalue weighted by Gasteiger charge is -2.04. The van der Waals surface area contributed by atoms with Crippen LogP contribution in [-0.2, 0) is 0 Å². The van der Waals surface area contributed by atoms with Crippen molar-refractivity contribution in [3.8, 4) is 0 Å². The van der Waals surface area contributed by atoms with Gasteiger partial charge < -0.3 is 10.2 Å². The van der Waals surface area contributed by atoms with E-state index in [0.717, 1.165) is 12.8 Å². The Bertz CT molecular complexity index is 80.9. The standard InChI is InChI=1S/2C6H14O/c2*1-5(2)4-6(3)7/h2*5-7H,4H2,1-3H3/t2*6-/m10/s1. The first-order valence-corrected chi connectivity index (χ1v) is 5.61. The molecule has 0 saturated heterocycles. The lowest BCUT2D eigenvalue weighted by Crippen LogP contribution is -2.03. The normalized spacial score (nSPS) is 15.0. The molecule has 0 aromatic heterocycles. The van der Waals surface area contributed by atoms with Crippen molar-refractivity contribution in [2.75, 3.05) is 0 Å². The largest absolute Gasteiger partial charge is 0.393 e. The second-order valence-electron chi connectivity index (χ2n) is 4.96. The Morgan fingerprint density at radius 1 is 0.643 bits per heavy atom. The Hall–Kier alpha value is -0.0800. The van der Waals surface area contributed by atoms with Crippen LogP contribution in [0.4, 0.5) is 0 Å². The van der Waals surface area contributed by atoms with Crippen molar-refractivity contribution in [2.45, 2.75) is 66.6 Å². The molecule has 0 fully saturated rings. The van der Waals surface area contributed by atoms with Crippen LogP contribution >= 0.6 is 0 Å². The van der Waals surface area contributed by atoms with Crippen molar-refractivity contribution >= 4 is 0 Å². The minimum atomic E-state index is -0.125. The summed E-state index contributed by atoms with van der Waals surface area (Å²) in [5.41, 5.74) is 0. The van der Waals surface area contributed by atoms with E-state index < -0.39 is 0 Å². The van der Waals surface area contributed by atoms with Crippen LogP contribution in [0.3, 0.4) is 0 Å². The van der Waals surface area contributed by atoms with E-state index in [1.54, 1.807) is 0 Å². The van der Waals surface area contributed by atoms with Crippen LogP contribution in [-0.4, -0.2) is 22.4 Å². The summed E-state index contributed by atoms with van der Waals surface area (Å²) in [5, 5.41) is 17.4. The Balaban J connectivity index is 0. The Labute approximate surface area is 89.3 Å². The highest BCUT2D eigenvalue weighted by molar-refractivity contribution is 4.49. The highest BCUT2D eigenvalue weighted by Crippen LogP contribution is 2.02. The molecule has 0 unspecified atom stereocenters. The molecule has 0 aliphatic heterocycles. The van der Waals surface area contributed by atoms with E-state index in [2.05, 4.69) is 27.7 Å². The summed E-state index contributed by atoms with van der Waals surface area (Å²) in [5.74, 6) is 1.25. The summed E-state index contributed by atoms with van der Waals surface area (Å²) in [7, 11) is 0. The monoisotopic (exact) mass is 204 g/mol. The highest BCUT2D eigenvalue weighted by atomic mass is 16.3. The number of aliphatic hydroxyl groups excluding tert-OH is 2. The Kier molecular flexibility index (Phi) is 11.1. The van der Waals surface area contributed by atoms with Crippen LogP contribution in [0.15, 0.2) is 0 Å². The van der Waals surface area contributed by atoms with Gasteiger partial charge in [0.1, 0.15) is 0 Å². The number of hydrogen-bond donors (Lipinski definition) is 2. The van der Waals surface area contributed by atoms with Crippen LogP contribution in [0.2, 0.25) is 0 Å². The molecule has 0 aromatic carbocycles. The summed E-state index contributed by atoms with van der Waals surface area (Å²) in [6, 6.07) is 0. The molecule has 0 aliphatic carbocycles. The van der Waals surface area contributed by atoms with Crippen molar-refractivity contribution in [1.29, 1.82) is 0 Å². The molecule has 0 saturated carbocycles. The minimum absolute atomic E-state index is 0.125. The Morgan fingerprint density at radius 3 is 0.857 bits per heavy atom. The molecule has 0 bridgehead atoms. The summed E-state index contributed by atoms with van der Waals surface area (Å²) >= 11 is 0. The van der Waals surface area contributed by atoms with Gasteiger partial charge in [-0.25, -0.2) is 0 Å². The molecule has 0 radical (unpaired) electrons. The van der Waals surface area contributed by atoms with Gasteiger partial charge in [-0.15, -0.1) is 0 Å². The fourth-order valence-electron chi connectivity index (χ4n) is 1.36. The van der Waals surface area contributed by atoms with Crippen molar-refractivity contribution in [3.63, 3.8) is 0 Å². The second kappa shape index (κ2) is 9.47. The third kappa shape index (κ3) is 22.7. The van der Waals surface area contributed by atoms with Crippen molar-refractivity contribution < 1.29 is 10.2 Å². The maximum Gasteiger partial charge on any atom is 0.0514 e. The van der Waals surface area contributed by atoms with Crippen molar-refractivity contribution in [1.82, 2.24) is 0 Å². The smallest absolute Gasteiger partial charge is 0.0514 e. The van der Waals surface area contributed by atoms with E-state index in [4.69, 9.17) is 10.2 Å². The fraction of sp³-hybridized carbons (Fsp3) is 1.00. The summed E-state index contributed by atoms with van der Waals surface area (Å²) < 4.78 is 0. The third-order valence-corrected chi connectivity index (χ3v) is 1.63. The highest BCUT2D eigenvalue weighted by Gasteiger charge is 1.97. The lowest BCUT2D eigenvalue weighted by molar-refractivity contribution is 0.167. The van der Waals surface area contributed by atoms with E-state index >= 15 is 0 Å². The fourth-order valence-corrected chi connectivity index (χ4v) is 1.36. The second-order valence-corrected chi connectivity index (χ2v) is 4.96. The minimum Gasteiger partial charge on any atom is -0.393 e. The summed E-state index contributed by atoms with van der Waals surface area (Å²) in [6.07, 6.45) is 1.58. The molecule has 0 amide bonds. The first kappa shape index (κ1) is 16.4. The first-order valence-electron chi connectivity index (χ1n) is 5.61. The molecule has 0 aliphatic rings. The molecular formula is C12H28O2. The number of hydrogen-bond acceptors (Lipinski definition) is 2. The maximum atomic E-state index is 8.72. The topological polar surface area (TPSA) is 40.5 Å². The van der Waals surface area contributed by atoms with Crippen LogP contribution in [0.25, 0.3) is 0 Å². The molecular weight excluding hydrogens is 176 g/mol. The van der Waals surface area contributed by atoms with Gasteiger partial charge in [-0.2, -0.15) is 0 Å². The van der Waals surface area contributed by atoms with E-state index in [1.165, 1.54) is 0 Å². The molecule has 2 N–H and O–H groups in total. The van der Waals surface area contributed by atoms with Crippen LogP contribution in [0.1, 0.15) is 54.4 Å². The molecule has 0 rings (SSSR count). The van der Waals surface area contributed by atoms with E-state index in [9.17, 15) is 0 Å². The van der Waals surface area contributed by atoms with E-state index in [0.29, 0.717) is 11.8 Å². The lowest BCUT2D eigenvalue weighted by atomic mass is 10.1. The zero-order chi connectivity index (χ0) is 11.7. The van der Waals surface area contributed by atoms with Gasteiger partial charge in [0.2, 0.25) is 0 Å². The van der Waals surface area contributed by atoms with Gasteiger partial charge in [0.05, 0.1) is 12.2 Å². The molecule has 2 heteroatoms.